The Morgan fingerprint density at radius 1 is 1.47 bits per heavy atom. The van der Waals surface area contributed by atoms with Crippen molar-refractivity contribution < 1.29 is 4.74 Å². The van der Waals surface area contributed by atoms with Crippen molar-refractivity contribution in [3.05, 3.63) is 18.5 Å². The van der Waals surface area contributed by atoms with Crippen molar-refractivity contribution in [3.8, 4) is 0 Å². The summed E-state index contributed by atoms with van der Waals surface area (Å²) in [5.74, 6) is 0.575. The first-order chi connectivity index (χ1) is 8.40. The van der Waals surface area contributed by atoms with Gasteiger partial charge in [0, 0.05) is 25.5 Å². The Labute approximate surface area is 106 Å². The molecule has 0 aliphatic carbocycles. The Hall–Kier alpha value is -1.00. The normalized spacial score (nSPS) is 24.5. The SMILES string of the molecule is ClCC1Nc2ccncc2N1C1CCOCC1. The number of rotatable bonds is 2. The number of ether oxygens (including phenoxy) is 1. The molecule has 3 rings (SSSR count). The smallest absolute Gasteiger partial charge is 0.113 e. The minimum Gasteiger partial charge on any atom is -0.381 e. The molecule has 0 amide bonds. The van der Waals surface area contributed by atoms with Crippen LogP contribution < -0.4 is 10.2 Å². The number of hydrogen-bond donors (Lipinski definition) is 1. The van der Waals surface area contributed by atoms with Crippen LogP contribution in [-0.4, -0.2) is 36.3 Å². The van der Waals surface area contributed by atoms with Gasteiger partial charge in [-0.15, -0.1) is 11.6 Å². The average Bonchev–Trinajstić information content (AvgIpc) is 2.78. The number of nitrogens with zero attached hydrogens (tertiary/aromatic N) is 2. The molecule has 5 heteroatoms. The van der Waals surface area contributed by atoms with Crippen molar-refractivity contribution in [2.24, 2.45) is 0 Å². The summed E-state index contributed by atoms with van der Waals surface area (Å²) in [5.41, 5.74) is 2.31. The average molecular weight is 254 g/mol. The predicted molar refractivity (Wildman–Crippen MR) is 68.7 cm³/mol. The summed E-state index contributed by atoms with van der Waals surface area (Å²) in [4.78, 5) is 6.59. The highest BCUT2D eigenvalue weighted by atomic mass is 35.5. The van der Waals surface area contributed by atoms with E-state index in [0.717, 1.165) is 31.7 Å². The van der Waals surface area contributed by atoms with E-state index in [2.05, 4.69) is 15.2 Å². The molecule has 1 N–H and O–H groups in total. The number of hydrogen-bond acceptors (Lipinski definition) is 4. The minimum atomic E-state index is 0.180. The molecule has 0 spiro atoms. The second-order valence-electron chi connectivity index (χ2n) is 4.46. The van der Waals surface area contributed by atoms with E-state index in [1.165, 1.54) is 5.69 Å². The van der Waals surface area contributed by atoms with Crippen LogP contribution >= 0.6 is 11.6 Å². The Morgan fingerprint density at radius 2 is 2.29 bits per heavy atom. The zero-order valence-electron chi connectivity index (χ0n) is 9.60. The third-order valence-corrected chi connectivity index (χ3v) is 3.76. The largest absolute Gasteiger partial charge is 0.381 e. The lowest BCUT2D eigenvalue weighted by molar-refractivity contribution is 0.0837. The maximum atomic E-state index is 6.06. The molecule has 0 aromatic carbocycles. The van der Waals surface area contributed by atoms with Crippen LogP contribution in [0.4, 0.5) is 11.4 Å². The van der Waals surface area contributed by atoms with Gasteiger partial charge in [0.2, 0.25) is 0 Å². The van der Waals surface area contributed by atoms with Crippen LogP contribution in [0.1, 0.15) is 12.8 Å². The van der Waals surface area contributed by atoms with Crippen LogP contribution in [0.3, 0.4) is 0 Å². The minimum absolute atomic E-state index is 0.180. The van der Waals surface area contributed by atoms with Gasteiger partial charge in [-0.3, -0.25) is 4.98 Å². The van der Waals surface area contributed by atoms with Crippen LogP contribution in [0, 0.1) is 0 Å². The van der Waals surface area contributed by atoms with Gasteiger partial charge in [-0.2, -0.15) is 0 Å². The van der Waals surface area contributed by atoms with E-state index in [1.54, 1.807) is 0 Å². The van der Waals surface area contributed by atoms with Gasteiger partial charge in [-0.1, -0.05) is 0 Å². The van der Waals surface area contributed by atoms with Gasteiger partial charge in [0.15, 0.2) is 0 Å². The molecule has 2 aliphatic rings. The first-order valence-corrected chi connectivity index (χ1v) is 6.56. The molecule has 1 atom stereocenters. The molecule has 1 unspecified atom stereocenters. The summed E-state index contributed by atoms with van der Waals surface area (Å²) in [7, 11) is 0. The summed E-state index contributed by atoms with van der Waals surface area (Å²) >= 11 is 6.06. The zero-order chi connectivity index (χ0) is 11.7. The molecule has 1 fully saturated rings. The van der Waals surface area contributed by atoms with Crippen molar-refractivity contribution in [2.75, 3.05) is 29.3 Å². The maximum absolute atomic E-state index is 6.06. The number of aromatic nitrogens is 1. The van der Waals surface area contributed by atoms with E-state index in [-0.39, 0.29) is 6.17 Å². The fraction of sp³-hybridized carbons (Fsp3) is 0.583. The van der Waals surface area contributed by atoms with Crippen LogP contribution in [0.25, 0.3) is 0 Å². The monoisotopic (exact) mass is 253 g/mol. The summed E-state index contributed by atoms with van der Waals surface area (Å²) in [6, 6.07) is 2.51. The number of halogens is 1. The second kappa shape index (κ2) is 4.70. The maximum Gasteiger partial charge on any atom is 0.113 e. The number of fused-ring (bicyclic) bond motifs is 1. The highest BCUT2D eigenvalue weighted by Gasteiger charge is 2.34. The lowest BCUT2D eigenvalue weighted by Gasteiger charge is -2.36. The van der Waals surface area contributed by atoms with Gasteiger partial charge >= 0.3 is 0 Å². The van der Waals surface area contributed by atoms with Crippen LogP contribution in [0.5, 0.6) is 0 Å². The molecule has 2 aliphatic heterocycles. The van der Waals surface area contributed by atoms with E-state index >= 15 is 0 Å². The van der Waals surface area contributed by atoms with Gasteiger partial charge in [0.25, 0.3) is 0 Å². The fourth-order valence-electron chi connectivity index (χ4n) is 2.66. The summed E-state index contributed by atoms with van der Waals surface area (Å²) in [6.07, 6.45) is 6.03. The molecule has 0 bridgehead atoms. The van der Waals surface area contributed by atoms with Crippen LogP contribution in [0.2, 0.25) is 0 Å². The molecule has 17 heavy (non-hydrogen) atoms. The standard InChI is InChI=1S/C12H16ClN3O/c13-7-12-15-10-1-4-14-8-11(10)16(12)9-2-5-17-6-3-9/h1,4,8-9,12,15H,2-3,5-7H2. The molecular weight excluding hydrogens is 238 g/mol. The lowest BCUT2D eigenvalue weighted by atomic mass is 10.1. The van der Waals surface area contributed by atoms with Gasteiger partial charge in [0.1, 0.15) is 6.17 Å². The van der Waals surface area contributed by atoms with Crippen molar-refractivity contribution >= 4 is 23.0 Å². The molecule has 1 aromatic heterocycles. The summed E-state index contributed by atoms with van der Waals surface area (Å²) in [6.45, 7) is 1.68. The van der Waals surface area contributed by atoms with Gasteiger partial charge in [-0.25, -0.2) is 0 Å². The molecular formula is C12H16ClN3O. The Morgan fingerprint density at radius 3 is 3.06 bits per heavy atom. The van der Waals surface area contributed by atoms with Crippen molar-refractivity contribution in [2.45, 2.75) is 25.0 Å². The van der Waals surface area contributed by atoms with Gasteiger partial charge < -0.3 is 15.0 Å². The molecule has 0 radical (unpaired) electrons. The number of alkyl halides is 1. The first kappa shape index (κ1) is 11.1. The molecule has 0 saturated carbocycles. The third-order valence-electron chi connectivity index (χ3n) is 3.47. The molecule has 4 nitrogen and oxygen atoms in total. The van der Waals surface area contributed by atoms with Gasteiger partial charge in [0.05, 0.1) is 23.5 Å². The molecule has 3 heterocycles. The van der Waals surface area contributed by atoms with Crippen molar-refractivity contribution in [1.29, 1.82) is 0 Å². The van der Waals surface area contributed by atoms with Crippen molar-refractivity contribution in [1.82, 2.24) is 4.98 Å². The van der Waals surface area contributed by atoms with E-state index in [9.17, 15) is 0 Å². The lowest BCUT2D eigenvalue weighted by Crippen LogP contribution is -2.46. The summed E-state index contributed by atoms with van der Waals surface area (Å²) in [5, 5.41) is 3.44. The van der Waals surface area contributed by atoms with Crippen LogP contribution in [0.15, 0.2) is 18.5 Å². The number of nitrogens with one attached hydrogen (secondary N) is 1. The Bertz CT molecular complexity index is 395. The fourth-order valence-corrected chi connectivity index (χ4v) is 2.88. The first-order valence-electron chi connectivity index (χ1n) is 6.03. The van der Waals surface area contributed by atoms with E-state index in [0.29, 0.717) is 11.9 Å². The Kier molecular flexibility index (Phi) is 3.07. The van der Waals surface area contributed by atoms with Crippen LogP contribution in [-0.2, 0) is 4.74 Å². The third kappa shape index (κ3) is 1.96. The quantitative estimate of drug-likeness (QED) is 0.819. The Balaban J connectivity index is 1.89. The van der Waals surface area contributed by atoms with Crippen molar-refractivity contribution in [3.63, 3.8) is 0 Å². The zero-order valence-corrected chi connectivity index (χ0v) is 10.4. The second-order valence-corrected chi connectivity index (χ2v) is 4.77. The molecule has 1 aromatic rings. The summed E-state index contributed by atoms with van der Waals surface area (Å²) < 4.78 is 5.42. The van der Waals surface area contributed by atoms with E-state index in [1.807, 2.05) is 18.5 Å². The number of pyridine rings is 1. The topological polar surface area (TPSA) is 37.4 Å². The number of anilines is 2. The predicted octanol–water partition coefficient (Wildman–Crippen LogP) is 2.06. The highest BCUT2D eigenvalue weighted by Crippen LogP contribution is 2.37. The highest BCUT2D eigenvalue weighted by molar-refractivity contribution is 6.18. The van der Waals surface area contributed by atoms with E-state index in [4.69, 9.17) is 16.3 Å². The van der Waals surface area contributed by atoms with E-state index < -0.39 is 0 Å². The molecule has 1 saturated heterocycles. The van der Waals surface area contributed by atoms with Gasteiger partial charge in [-0.05, 0) is 18.9 Å². The molecule has 92 valence electrons.